The van der Waals surface area contributed by atoms with Crippen molar-refractivity contribution in [1.29, 1.82) is 0 Å². The molecule has 0 unspecified atom stereocenters. The third kappa shape index (κ3) is 1.70. The van der Waals surface area contributed by atoms with E-state index in [-0.39, 0.29) is 11.8 Å². The quantitative estimate of drug-likeness (QED) is 0.529. The van der Waals surface area contributed by atoms with Gasteiger partial charge in [0.1, 0.15) is 0 Å². The van der Waals surface area contributed by atoms with Gasteiger partial charge in [-0.05, 0) is 18.9 Å². The van der Waals surface area contributed by atoms with Crippen LogP contribution in [0, 0.1) is 11.8 Å². The molecular formula is C7H14N2O. The van der Waals surface area contributed by atoms with Crippen LogP contribution in [-0.4, -0.2) is 19.0 Å². The number of piperidine rings is 1. The van der Waals surface area contributed by atoms with Gasteiger partial charge in [-0.15, -0.1) is 0 Å². The Morgan fingerprint density at radius 1 is 1.60 bits per heavy atom. The predicted octanol–water partition coefficient (Wildman–Crippen LogP) is -0.283. The second-order valence-electron chi connectivity index (χ2n) is 3.10. The molecule has 0 radical (unpaired) electrons. The van der Waals surface area contributed by atoms with Gasteiger partial charge in [0.25, 0.3) is 0 Å². The summed E-state index contributed by atoms with van der Waals surface area (Å²) < 4.78 is 0. The molecule has 1 saturated heterocycles. The normalized spacial score (nSPS) is 33.7. The van der Waals surface area contributed by atoms with Crippen molar-refractivity contribution in [3.63, 3.8) is 0 Å². The van der Waals surface area contributed by atoms with Gasteiger partial charge in [0.15, 0.2) is 0 Å². The van der Waals surface area contributed by atoms with Crippen molar-refractivity contribution in [2.24, 2.45) is 17.6 Å². The summed E-state index contributed by atoms with van der Waals surface area (Å²) in [6.45, 7) is 3.91. The Labute approximate surface area is 61.0 Å². The Morgan fingerprint density at radius 3 is 2.70 bits per heavy atom. The minimum atomic E-state index is -0.168. The molecule has 0 spiro atoms. The number of hydrogen-bond acceptors (Lipinski definition) is 2. The Balaban J connectivity index is 2.39. The summed E-state index contributed by atoms with van der Waals surface area (Å²) in [5.74, 6) is 0.481. The van der Waals surface area contributed by atoms with E-state index in [1.54, 1.807) is 0 Å². The van der Waals surface area contributed by atoms with Crippen LogP contribution in [0.25, 0.3) is 0 Å². The van der Waals surface area contributed by atoms with Gasteiger partial charge >= 0.3 is 0 Å². The van der Waals surface area contributed by atoms with Crippen LogP contribution < -0.4 is 11.1 Å². The van der Waals surface area contributed by atoms with E-state index in [0.29, 0.717) is 5.92 Å². The molecule has 2 atom stereocenters. The minimum absolute atomic E-state index is 0.0590. The SMILES string of the molecule is C[C@H]1CNC[C@H](C(N)=O)C1. The molecule has 3 N–H and O–H groups in total. The third-order valence-corrected chi connectivity index (χ3v) is 1.97. The smallest absolute Gasteiger partial charge is 0.221 e. The van der Waals surface area contributed by atoms with Crippen LogP contribution in [0.5, 0.6) is 0 Å². The highest BCUT2D eigenvalue weighted by atomic mass is 16.1. The molecule has 1 aliphatic rings. The minimum Gasteiger partial charge on any atom is -0.369 e. The number of nitrogens with two attached hydrogens (primary N) is 1. The van der Waals surface area contributed by atoms with Crippen LogP contribution in [0.1, 0.15) is 13.3 Å². The molecule has 0 saturated carbocycles. The Kier molecular flexibility index (Phi) is 2.27. The van der Waals surface area contributed by atoms with Crippen LogP contribution in [0.2, 0.25) is 0 Å². The van der Waals surface area contributed by atoms with Crippen LogP contribution in [-0.2, 0) is 4.79 Å². The van der Waals surface area contributed by atoms with Crippen LogP contribution in [0.4, 0.5) is 0 Å². The molecule has 10 heavy (non-hydrogen) atoms. The molecular weight excluding hydrogens is 128 g/mol. The van der Waals surface area contributed by atoms with Crippen LogP contribution in [0.15, 0.2) is 0 Å². The predicted molar refractivity (Wildman–Crippen MR) is 39.3 cm³/mol. The molecule has 1 fully saturated rings. The highest BCUT2D eigenvalue weighted by Gasteiger charge is 2.22. The maximum Gasteiger partial charge on any atom is 0.221 e. The molecule has 0 aliphatic carbocycles. The van der Waals surface area contributed by atoms with E-state index in [0.717, 1.165) is 19.5 Å². The zero-order valence-corrected chi connectivity index (χ0v) is 6.26. The zero-order valence-electron chi connectivity index (χ0n) is 6.26. The highest BCUT2D eigenvalue weighted by Crippen LogP contribution is 2.14. The number of nitrogens with one attached hydrogen (secondary N) is 1. The van der Waals surface area contributed by atoms with Crippen molar-refractivity contribution in [3.8, 4) is 0 Å². The molecule has 0 aromatic carbocycles. The van der Waals surface area contributed by atoms with Crippen molar-refractivity contribution < 1.29 is 4.79 Å². The molecule has 0 aromatic rings. The second kappa shape index (κ2) is 3.01. The number of amides is 1. The first-order valence-corrected chi connectivity index (χ1v) is 3.70. The van der Waals surface area contributed by atoms with Gasteiger partial charge in [-0.1, -0.05) is 6.92 Å². The Morgan fingerprint density at radius 2 is 2.30 bits per heavy atom. The molecule has 3 heteroatoms. The number of carbonyl (C=O) groups is 1. The first kappa shape index (κ1) is 7.54. The Bertz CT molecular complexity index is 136. The molecule has 0 aromatic heterocycles. The monoisotopic (exact) mass is 142 g/mol. The average molecular weight is 142 g/mol. The van der Waals surface area contributed by atoms with Crippen LogP contribution in [0.3, 0.4) is 0 Å². The van der Waals surface area contributed by atoms with Crippen molar-refractivity contribution in [2.45, 2.75) is 13.3 Å². The summed E-state index contributed by atoms with van der Waals surface area (Å²) in [4.78, 5) is 10.7. The summed E-state index contributed by atoms with van der Waals surface area (Å²) in [6.07, 6.45) is 0.947. The average Bonchev–Trinajstić information content (AvgIpc) is 1.88. The topological polar surface area (TPSA) is 55.1 Å². The second-order valence-corrected chi connectivity index (χ2v) is 3.10. The summed E-state index contributed by atoms with van der Waals surface area (Å²) in [6, 6.07) is 0. The first-order chi connectivity index (χ1) is 4.70. The summed E-state index contributed by atoms with van der Waals surface area (Å²) in [5, 5.41) is 3.17. The summed E-state index contributed by atoms with van der Waals surface area (Å²) >= 11 is 0. The molecule has 1 rings (SSSR count). The lowest BCUT2D eigenvalue weighted by atomic mass is 9.91. The van der Waals surface area contributed by atoms with Gasteiger partial charge in [0.2, 0.25) is 5.91 Å². The first-order valence-electron chi connectivity index (χ1n) is 3.70. The summed E-state index contributed by atoms with van der Waals surface area (Å²) in [5.41, 5.74) is 5.15. The molecule has 3 nitrogen and oxygen atoms in total. The summed E-state index contributed by atoms with van der Waals surface area (Å²) in [7, 11) is 0. The van der Waals surface area contributed by atoms with E-state index < -0.39 is 0 Å². The lowest BCUT2D eigenvalue weighted by molar-refractivity contribution is -0.122. The van der Waals surface area contributed by atoms with Gasteiger partial charge in [0.05, 0.1) is 5.92 Å². The largest absolute Gasteiger partial charge is 0.369 e. The zero-order chi connectivity index (χ0) is 7.56. The maximum absolute atomic E-state index is 10.7. The number of rotatable bonds is 1. The van der Waals surface area contributed by atoms with E-state index in [1.165, 1.54) is 0 Å². The fourth-order valence-corrected chi connectivity index (χ4v) is 1.37. The fraction of sp³-hybridized carbons (Fsp3) is 0.857. The molecule has 58 valence electrons. The Hall–Kier alpha value is -0.570. The number of carbonyl (C=O) groups excluding carboxylic acids is 1. The van der Waals surface area contributed by atoms with E-state index in [4.69, 9.17) is 5.73 Å². The number of hydrogen-bond donors (Lipinski definition) is 2. The lowest BCUT2D eigenvalue weighted by Gasteiger charge is -2.25. The van der Waals surface area contributed by atoms with Gasteiger partial charge in [0, 0.05) is 6.54 Å². The van der Waals surface area contributed by atoms with Crippen LogP contribution >= 0.6 is 0 Å². The van der Waals surface area contributed by atoms with Crippen molar-refractivity contribution in [3.05, 3.63) is 0 Å². The fourth-order valence-electron chi connectivity index (χ4n) is 1.37. The maximum atomic E-state index is 10.7. The van der Waals surface area contributed by atoms with E-state index in [1.807, 2.05) is 0 Å². The van der Waals surface area contributed by atoms with E-state index in [9.17, 15) is 4.79 Å². The molecule has 1 amide bonds. The third-order valence-electron chi connectivity index (χ3n) is 1.97. The van der Waals surface area contributed by atoms with Gasteiger partial charge in [-0.2, -0.15) is 0 Å². The van der Waals surface area contributed by atoms with Crippen molar-refractivity contribution >= 4 is 5.91 Å². The standard InChI is InChI=1S/C7H14N2O/c1-5-2-6(7(8)10)4-9-3-5/h5-6,9H,2-4H2,1H3,(H2,8,10)/t5-,6-/m1/s1. The van der Waals surface area contributed by atoms with Gasteiger partial charge in [-0.25, -0.2) is 0 Å². The van der Waals surface area contributed by atoms with Crippen molar-refractivity contribution in [2.75, 3.05) is 13.1 Å². The molecule has 0 bridgehead atoms. The number of primary amides is 1. The molecule has 1 heterocycles. The van der Waals surface area contributed by atoms with E-state index >= 15 is 0 Å². The molecule has 1 aliphatic heterocycles. The van der Waals surface area contributed by atoms with E-state index in [2.05, 4.69) is 12.2 Å². The highest BCUT2D eigenvalue weighted by molar-refractivity contribution is 5.76. The van der Waals surface area contributed by atoms with Crippen molar-refractivity contribution in [1.82, 2.24) is 5.32 Å². The van der Waals surface area contributed by atoms with Gasteiger partial charge < -0.3 is 11.1 Å². The lowest BCUT2D eigenvalue weighted by Crippen LogP contribution is -2.41. The van der Waals surface area contributed by atoms with Gasteiger partial charge in [-0.3, -0.25) is 4.79 Å².